The number of anilines is 1. The van der Waals surface area contributed by atoms with Crippen LogP contribution in [-0.4, -0.2) is 34.8 Å². The summed E-state index contributed by atoms with van der Waals surface area (Å²) in [5.41, 5.74) is 0.190. The van der Waals surface area contributed by atoms with Gasteiger partial charge in [-0.05, 0) is 37.5 Å². The summed E-state index contributed by atoms with van der Waals surface area (Å²) < 4.78 is 13.3. The Morgan fingerprint density at radius 1 is 1.29 bits per heavy atom. The van der Waals surface area contributed by atoms with Crippen molar-refractivity contribution in [3.05, 3.63) is 29.6 Å². The Labute approximate surface area is 139 Å². The van der Waals surface area contributed by atoms with E-state index >= 15 is 0 Å². The van der Waals surface area contributed by atoms with Gasteiger partial charge in [-0.25, -0.2) is 9.18 Å². The molecule has 1 aliphatic carbocycles. The Morgan fingerprint density at radius 3 is 2.71 bits per heavy atom. The van der Waals surface area contributed by atoms with Gasteiger partial charge in [0.25, 0.3) is 5.91 Å². The molecule has 0 radical (unpaired) electrons. The lowest BCUT2D eigenvalue weighted by Gasteiger charge is -2.30. The van der Waals surface area contributed by atoms with Gasteiger partial charge >= 0.3 is 6.03 Å². The van der Waals surface area contributed by atoms with Crippen molar-refractivity contribution in [2.75, 3.05) is 11.9 Å². The van der Waals surface area contributed by atoms with Crippen molar-refractivity contribution in [1.29, 1.82) is 0 Å². The molecule has 0 bridgehead atoms. The maximum Gasteiger partial charge on any atom is 0.325 e. The van der Waals surface area contributed by atoms with Crippen LogP contribution in [0.1, 0.15) is 37.7 Å². The van der Waals surface area contributed by atoms with Crippen LogP contribution in [0.25, 0.3) is 0 Å². The number of aryl methyl sites for hydroxylation is 1. The summed E-state index contributed by atoms with van der Waals surface area (Å²) in [5.74, 6) is -1.33. The van der Waals surface area contributed by atoms with Gasteiger partial charge < -0.3 is 10.6 Å². The SMILES string of the molecule is Cc1ccc(F)cc1NC(=O)CN1C(=O)NC2(CCCCC2)C1=O. The number of carbonyl (C=O) groups is 3. The second-order valence-electron chi connectivity index (χ2n) is 6.47. The van der Waals surface area contributed by atoms with Gasteiger partial charge in [0.05, 0.1) is 0 Å². The first-order valence-corrected chi connectivity index (χ1v) is 8.11. The molecule has 0 unspecified atom stereocenters. The van der Waals surface area contributed by atoms with Gasteiger partial charge in [-0.2, -0.15) is 0 Å². The normalized spacial score (nSPS) is 19.5. The molecule has 6 nitrogen and oxygen atoms in total. The molecule has 1 saturated carbocycles. The van der Waals surface area contributed by atoms with Gasteiger partial charge in [-0.1, -0.05) is 25.3 Å². The van der Waals surface area contributed by atoms with Crippen LogP contribution in [0.5, 0.6) is 0 Å². The third-order valence-corrected chi connectivity index (χ3v) is 4.73. The third-order valence-electron chi connectivity index (χ3n) is 4.73. The predicted molar refractivity (Wildman–Crippen MR) is 85.8 cm³/mol. The van der Waals surface area contributed by atoms with Crippen LogP contribution in [-0.2, 0) is 9.59 Å². The van der Waals surface area contributed by atoms with Crippen molar-refractivity contribution >= 4 is 23.5 Å². The van der Waals surface area contributed by atoms with Crippen molar-refractivity contribution in [1.82, 2.24) is 10.2 Å². The molecule has 1 heterocycles. The first-order valence-electron chi connectivity index (χ1n) is 8.11. The molecule has 2 aliphatic rings. The molecule has 1 aromatic carbocycles. The molecule has 1 aromatic rings. The molecular weight excluding hydrogens is 313 g/mol. The van der Waals surface area contributed by atoms with E-state index in [0.29, 0.717) is 24.1 Å². The van der Waals surface area contributed by atoms with E-state index in [9.17, 15) is 18.8 Å². The third kappa shape index (κ3) is 2.98. The summed E-state index contributed by atoms with van der Waals surface area (Å²) in [6.07, 6.45) is 4.03. The number of imide groups is 1. The van der Waals surface area contributed by atoms with Crippen LogP contribution in [0.3, 0.4) is 0 Å². The molecule has 0 aromatic heterocycles. The van der Waals surface area contributed by atoms with E-state index in [1.165, 1.54) is 12.1 Å². The highest BCUT2D eigenvalue weighted by atomic mass is 19.1. The number of nitrogens with zero attached hydrogens (tertiary/aromatic N) is 1. The Bertz CT molecular complexity index is 698. The fraction of sp³-hybridized carbons (Fsp3) is 0.471. The van der Waals surface area contributed by atoms with Crippen molar-refractivity contribution in [3.63, 3.8) is 0 Å². The zero-order valence-electron chi connectivity index (χ0n) is 13.5. The first kappa shape index (κ1) is 16.4. The molecule has 3 rings (SSSR count). The zero-order chi connectivity index (χ0) is 17.3. The molecule has 0 atom stereocenters. The van der Waals surface area contributed by atoms with Gasteiger partial charge in [-0.3, -0.25) is 14.5 Å². The number of urea groups is 1. The highest BCUT2D eigenvalue weighted by Crippen LogP contribution is 2.33. The molecule has 7 heteroatoms. The smallest absolute Gasteiger partial charge is 0.324 e. The van der Waals surface area contributed by atoms with Gasteiger partial charge in [0, 0.05) is 5.69 Å². The average molecular weight is 333 g/mol. The maximum absolute atomic E-state index is 13.3. The number of halogens is 1. The topological polar surface area (TPSA) is 78.5 Å². The van der Waals surface area contributed by atoms with Crippen LogP contribution in [0.15, 0.2) is 18.2 Å². The second-order valence-corrected chi connectivity index (χ2v) is 6.47. The van der Waals surface area contributed by atoms with Gasteiger partial charge in [0.15, 0.2) is 0 Å². The number of hydrogen-bond acceptors (Lipinski definition) is 3. The lowest BCUT2D eigenvalue weighted by molar-refractivity contribution is -0.134. The number of carbonyl (C=O) groups excluding carboxylic acids is 3. The minimum atomic E-state index is -0.843. The number of rotatable bonds is 3. The first-order chi connectivity index (χ1) is 11.4. The van der Waals surface area contributed by atoms with Crippen LogP contribution in [0, 0.1) is 12.7 Å². The molecular formula is C17H20FN3O3. The fourth-order valence-corrected chi connectivity index (χ4v) is 3.38. The number of hydrogen-bond donors (Lipinski definition) is 2. The number of benzene rings is 1. The summed E-state index contributed by atoms with van der Waals surface area (Å²) in [6, 6.07) is 3.53. The standard InChI is InChI=1S/C17H20FN3O3/c1-11-5-6-12(18)9-13(11)19-14(22)10-21-15(23)17(20-16(21)24)7-3-2-4-8-17/h5-6,9H,2-4,7-8,10H2,1H3,(H,19,22)(H,20,24). The monoisotopic (exact) mass is 333 g/mol. The van der Waals surface area contributed by atoms with Crippen molar-refractivity contribution in [2.45, 2.75) is 44.6 Å². The largest absolute Gasteiger partial charge is 0.325 e. The minimum Gasteiger partial charge on any atom is -0.324 e. The lowest BCUT2D eigenvalue weighted by atomic mass is 9.82. The van der Waals surface area contributed by atoms with Crippen molar-refractivity contribution in [2.24, 2.45) is 0 Å². The predicted octanol–water partition coefficient (Wildman–Crippen LogP) is 2.33. The zero-order valence-corrected chi connectivity index (χ0v) is 13.5. The van der Waals surface area contributed by atoms with Crippen LogP contribution in [0.4, 0.5) is 14.9 Å². The maximum atomic E-state index is 13.3. The summed E-state index contributed by atoms with van der Waals surface area (Å²) >= 11 is 0. The van der Waals surface area contributed by atoms with Gasteiger partial charge in [0.1, 0.15) is 17.9 Å². The average Bonchev–Trinajstić information content (AvgIpc) is 2.76. The van der Waals surface area contributed by atoms with E-state index in [4.69, 9.17) is 0 Å². The van der Waals surface area contributed by atoms with Crippen LogP contribution < -0.4 is 10.6 Å². The highest BCUT2D eigenvalue weighted by molar-refractivity contribution is 6.10. The van der Waals surface area contributed by atoms with Gasteiger partial charge in [0.2, 0.25) is 5.91 Å². The van der Waals surface area contributed by atoms with E-state index in [0.717, 1.165) is 24.2 Å². The Balaban J connectivity index is 1.69. The molecule has 1 aliphatic heterocycles. The van der Waals surface area contributed by atoms with E-state index in [2.05, 4.69) is 10.6 Å². The Kier molecular flexibility index (Phi) is 4.26. The van der Waals surface area contributed by atoms with E-state index in [-0.39, 0.29) is 12.5 Å². The summed E-state index contributed by atoms with van der Waals surface area (Å²) in [7, 11) is 0. The molecule has 1 saturated heterocycles. The van der Waals surface area contributed by atoms with Crippen LogP contribution >= 0.6 is 0 Å². The summed E-state index contributed by atoms with van der Waals surface area (Å²) in [5, 5.41) is 5.31. The molecule has 4 amide bonds. The van der Waals surface area contributed by atoms with Crippen molar-refractivity contribution < 1.29 is 18.8 Å². The molecule has 24 heavy (non-hydrogen) atoms. The van der Waals surface area contributed by atoms with Crippen molar-refractivity contribution in [3.8, 4) is 0 Å². The fourth-order valence-electron chi connectivity index (χ4n) is 3.38. The summed E-state index contributed by atoms with van der Waals surface area (Å²) in [6.45, 7) is 1.36. The van der Waals surface area contributed by atoms with E-state index in [1.807, 2.05) is 0 Å². The number of amides is 4. The molecule has 1 spiro atoms. The van der Waals surface area contributed by atoms with E-state index < -0.39 is 23.3 Å². The molecule has 2 fully saturated rings. The molecule has 2 N–H and O–H groups in total. The second kappa shape index (κ2) is 6.22. The highest BCUT2D eigenvalue weighted by Gasteiger charge is 2.51. The minimum absolute atomic E-state index is 0.333. The van der Waals surface area contributed by atoms with Gasteiger partial charge in [-0.15, -0.1) is 0 Å². The van der Waals surface area contributed by atoms with Crippen LogP contribution in [0.2, 0.25) is 0 Å². The number of nitrogens with one attached hydrogen (secondary N) is 2. The van der Waals surface area contributed by atoms with E-state index in [1.54, 1.807) is 13.0 Å². The lowest BCUT2D eigenvalue weighted by Crippen LogP contribution is -2.48. The Morgan fingerprint density at radius 2 is 2.00 bits per heavy atom. The molecule has 128 valence electrons. The Hall–Kier alpha value is -2.44. The quantitative estimate of drug-likeness (QED) is 0.833. The summed E-state index contributed by atoms with van der Waals surface area (Å²) in [4.78, 5) is 37.9.